The molecule has 2 aliphatic heterocycles. The Morgan fingerprint density at radius 3 is 2.90 bits per heavy atom. The summed E-state index contributed by atoms with van der Waals surface area (Å²) >= 11 is 0. The summed E-state index contributed by atoms with van der Waals surface area (Å²) in [5.41, 5.74) is 2.43. The fraction of sp³-hybridized carbons (Fsp3) is 0.0714. The van der Waals surface area contributed by atoms with Crippen LogP contribution in [0.3, 0.4) is 0 Å². The highest BCUT2D eigenvalue weighted by Crippen LogP contribution is 2.28. The molecule has 0 fully saturated rings. The van der Waals surface area contributed by atoms with E-state index in [1.807, 2.05) is 30.3 Å². The van der Waals surface area contributed by atoms with Crippen LogP contribution in [0.15, 0.2) is 42.6 Å². The van der Waals surface area contributed by atoms with Gasteiger partial charge in [0.15, 0.2) is 0 Å². The van der Waals surface area contributed by atoms with Crippen molar-refractivity contribution >= 4 is 12.4 Å². The van der Waals surface area contributed by atoms with Crippen LogP contribution in [0, 0.1) is 0 Å². The summed E-state index contributed by atoms with van der Waals surface area (Å²) in [5.74, 6) is 0.709. The number of fused-ring (bicyclic) bond motifs is 1. The maximum Gasteiger partial charge on any atom is 0.245 e. The van der Waals surface area contributed by atoms with Crippen molar-refractivity contribution in [2.45, 2.75) is 6.61 Å². The number of hydrogen-bond acceptors (Lipinski definition) is 4. The summed E-state index contributed by atoms with van der Waals surface area (Å²) in [7, 11) is 0. The number of aromatic nitrogens is 3. The third kappa shape index (κ3) is 2.44. The number of nitrogens with one attached hydrogen (secondary N) is 2. The molecule has 2 N–H and O–H groups in total. The number of carbonyl (C=O) groups is 1. The molecule has 1 aromatic carbocycles. The monoisotopic (exact) mass is 268 g/mol. The largest absolute Gasteiger partial charge is 0.471 e. The highest BCUT2D eigenvalue weighted by molar-refractivity contribution is 5.71. The molecule has 0 unspecified atom stereocenters. The van der Waals surface area contributed by atoms with Crippen molar-refractivity contribution in [2.24, 2.45) is 0 Å². The van der Waals surface area contributed by atoms with Crippen LogP contribution in [0.5, 0.6) is 5.88 Å². The number of benzene rings is 1. The summed E-state index contributed by atoms with van der Waals surface area (Å²) in [6.07, 6.45) is 2.21. The van der Waals surface area contributed by atoms with E-state index < -0.39 is 0 Å². The second kappa shape index (κ2) is 5.40. The molecule has 1 amide bonds. The minimum absolute atomic E-state index is 0.323. The van der Waals surface area contributed by atoms with E-state index in [0.717, 1.165) is 11.3 Å². The lowest BCUT2D eigenvalue weighted by Crippen LogP contribution is -2.06. The number of amides is 1. The van der Waals surface area contributed by atoms with Gasteiger partial charge in [0.25, 0.3) is 0 Å². The van der Waals surface area contributed by atoms with Crippen molar-refractivity contribution in [3.8, 4) is 17.3 Å². The number of anilines is 1. The normalized spacial score (nSPS) is 10.4. The Kier molecular flexibility index (Phi) is 3.28. The van der Waals surface area contributed by atoms with Crippen LogP contribution in [0.4, 0.5) is 5.95 Å². The Balaban J connectivity index is 1.86. The lowest BCUT2D eigenvalue weighted by molar-refractivity contribution is -0.105. The Morgan fingerprint density at radius 2 is 2.10 bits per heavy atom. The number of carbonyl (C=O) groups excluding carboxylic acids is 1. The van der Waals surface area contributed by atoms with Crippen molar-refractivity contribution < 1.29 is 9.53 Å². The molecule has 0 spiro atoms. The van der Waals surface area contributed by atoms with Gasteiger partial charge in [-0.1, -0.05) is 30.3 Å². The quantitative estimate of drug-likeness (QED) is 0.694. The number of rotatable bonds is 5. The molecule has 20 heavy (non-hydrogen) atoms. The zero-order valence-corrected chi connectivity index (χ0v) is 10.5. The molecule has 0 bridgehead atoms. The van der Waals surface area contributed by atoms with Gasteiger partial charge < -0.3 is 9.72 Å². The van der Waals surface area contributed by atoms with E-state index in [-0.39, 0.29) is 0 Å². The maximum absolute atomic E-state index is 10.5. The summed E-state index contributed by atoms with van der Waals surface area (Å²) in [6.45, 7) is 0.389. The second-order valence-corrected chi connectivity index (χ2v) is 4.13. The van der Waals surface area contributed by atoms with Crippen molar-refractivity contribution in [3.63, 3.8) is 0 Å². The number of hydrogen-bond donors (Lipinski definition) is 2. The Labute approximate surface area is 115 Å². The smallest absolute Gasteiger partial charge is 0.245 e. The van der Waals surface area contributed by atoms with Crippen LogP contribution in [0.2, 0.25) is 0 Å². The molecule has 6 heteroatoms. The fourth-order valence-corrected chi connectivity index (χ4v) is 1.87. The lowest BCUT2D eigenvalue weighted by Gasteiger charge is -2.10. The Bertz CT molecular complexity index is 681. The van der Waals surface area contributed by atoms with Crippen LogP contribution >= 0.6 is 0 Å². The SMILES string of the molecule is O=CNc1nc(OCc2ccccc2)c2nccc-2[nH]1. The van der Waals surface area contributed by atoms with Gasteiger partial charge >= 0.3 is 0 Å². The number of aromatic amines is 1. The van der Waals surface area contributed by atoms with E-state index in [1.165, 1.54) is 0 Å². The lowest BCUT2D eigenvalue weighted by atomic mass is 10.2. The molecule has 0 saturated heterocycles. The number of ether oxygens (including phenoxy) is 1. The fourth-order valence-electron chi connectivity index (χ4n) is 1.87. The first-order chi connectivity index (χ1) is 9.86. The van der Waals surface area contributed by atoms with Gasteiger partial charge in [-0.05, 0) is 11.6 Å². The first-order valence-electron chi connectivity index (χ1n) is 6.08. The van der Waals surface area contributed by atoms with E-state index in [0.29, 0.717) is 30.5 Å². The van der Waals surface area contributed by atoms with Gasteiger partial charge in [-0.15, -0.1) is 0 Å². The standard InChI is InChI=1S/C14H12N4O2/c19-9-16-14-17-11-6-7-15-12(11)13(18-14)20-8-10-4-2-1-3-5-10/h1-7,9H,8H2,(H2,16,17,18,19). The van der Waals surface area contributed by atoms with Gasteiger partial charge in [-0.3, -0.25) is 10.1 Å². The molecule has 0 radical (unpaired) electrons. The minimum Gasteiger partial charge on any atom is -0.471 e. The summed E-state index contributed by atoms with van der Waals surface area (Å²) < 4.78 is 5.70. The van der Waals surface area contributed by atoms with E-state index in [9.17, 15) is 4.79 Å². The molecule has 3 rings (SSSR count). The molecule has 100 valence electrons. The maximum atomic E-state index is 10.5. The molecule has 0 atom stereocenters. The van der Waals surface area contributed by atoms with Crippen LogP contribution in [-0.4, -0.2) is 21.4 Å². The topological polar surface area (TPSA) is 79.9 Å². The molecule has 0 aliphatic carbocycles. The minimum atomic E-state index is 0.323. The molecular weight excluding hydrogens is 256 g/mol. The molecule has 0 saturated carbocycles. The average molecular weight is 268 g/mol. The predicted octanol–water partition coefficient (Wildman–Crippen LogP) is 2.06. The molecule has 6 nitrogen and oxygen atoms in total. The predicted molar refractivity (Wildman–Crippen MR) is 73.5 cm³/mol. The Hall–Kier alpha value is -2.89. The highest BCUT2D eigenvalue weighted by atomic mass is 16.5. The van der Waals surface area contributed by atoms with Gasteiger partial charge in [0.2, 0.25) is 18.2 Å². The Morgan fingerprint density at radius 1 is 1.25 bits per heavy atom. The zero-order valence-electron chi connectivity index (χ0n) is 10.5. The van der Waals surface area contributed by atoms with Gasteiger partial charge in [-0.2, -0.15) is 4.98 Å². The summed E-state index contributed by atoms with van der Waals surface area (Å²) in [5, 5.41) is 2.47. The van der Waals surface area contributed by atoms with E-state index in [2.05, 4.69) is 20.3 Å². The molecular formula is C14H12N4O2. The summed E-state index contributed by atoms with van der Waals surface area (Å²) in [6, 6.07) is 11.6. The first-order valence-corrected chi connectivity index (χ1v) is 6.08. The van der Waals surface area contributed by atoms with Gasteiger partial charge in [-0.25, -0.2) is 4.98 Å². The number of nitrogens with zero attached hydrogens (tertiary/aromatic N) is 2. The van der Waals surface area contributed by atoms with Crippen molar-refractivity contribution in [1.82, 2.24) is 15.0 Å². The van der Waals surface area contributed by atoms with Crippen LogP contribution in [0.25, 0.3) is 11.4 Å². The third-order valence-electron chi connectivity index (χ3n) is 2.78. The van der Waals surface area contributed by atoms with E-state index in [1.54, 1.807) is 12.3 Å². The number of H-pyrrole nitrogens is 1. The summed E-state index contributed by atoms with van der Waals surface area (Å²) in [4.78, 5) is 21.9. The average Bonchev–Trinajstić information content (AvgIpc) is 2.95. The van der Waals surface area contributed by atoms with Crippen LogP contribution in [-0.2, 0) is 11.4 Å². The molecule has 2 aliphatic rings. The van der Waals surface area contributed by atoms with Crippen molar-refractivity contribution in [1.29, 1.82) is 0 Å². The second-order valence-electron chi connectivity index (χ2n) is 4.13. The van der Waals surface area contributed by atoms with Gasteiger partial charge in [0, 0.05) is 6.20 Å². The third-order valence-corrected chi connectivity index (χ3v) is 2.78. The van der Waals surface area contributed by atoms with Crippen LogP contribution in [0.1, 0.15) is 5.56 Å². The molecule has 0 aromatic heterocycles. The van der Waals surface area contributed by atoms with Crippen molar-refractivity contribution in [3.05, 3.63) is 48.2 Å². The first kappa shape index (κ1) is 12.2. The van der Waals surface area contributed by atoms with Gasteiger partial charge in [0.1, 0.15) is 12.3 Å². The zero-order chi connectivity index (χ0) is 13.8. The molecule has 1 aromatic rings. The van der Waals surface area contributed by atoms with Gasteiger partial charge in [0.05, 0.1) is 5.69 Å². The van der Waals surface area contributed by atoms with E-state index in [4.69, 9.17) is 4.74 Å². The van der Waals surface area contributed by atoms with Crippen molar-refractivity contribution in [2.75, 3.05) is 5.32 Å². The highest BCUT2D eigenvalue weighted by Gasteiger charge is 2.15. The van der Waals surface area contributed by atoms with E-state index >= 15 is 0 Å². The van der Waals surface area contributed by atoms with Crippen LogP contribution < -0.4 is 10.1 Å². The molecule has 2 heterocycles.